The molecule has 4 heterocycles. The van der Waals surface area contributed by atoms with Gasteiger partial charge in [0.15, 0.2) is 4.83 Å². The van der Waals surface area contributed by atoms with Crippen LogP contribution < -0.4 is 10.9 Å². The lowest BCUT2D eigenvalue weighted by Gasteiger charge is -2.33. The summed E-state index contributed by atoms with van der Waals surface area (Å²) >= 11 is 2.86. The molecule has 32 heavy (non-hydrogen) atoms. The molecule has 1 fully saturated rings. The van der Waals surface area contributed by atoms with Crippen molar-refractivity contribution in [1.82, 2.24) is 25.2 Å². The minimum Gasteiger partial charge on any atom is -0.371 e. The fourth-order valence-corrected chi connectivity index (χ4v) is 6.53. The summed E-state index contributed by atoms with van der Waals surface area (Å²) in [4.78, 5) is 27.6. The predicted molar refractivity (Wildman–Crippen MR) is 123 cm³/mol. The Morgan fingerprint density at radius 2 is 2.06 bits per heavy atom. The highest BCUT2D eigenvalue weighted by molar-refractivity contribution is 7.18. The lowest BCUT2D eigenvalue weighted by atomic mass is 9.72. The number of hydrogen-bond donors (Lipinski definition) is 1. The lowest BCUT2D eigenvalue weighted by molar-refractivity contribution is -0.117. The van der Waals surface area contributed by atoms with Gasteiger partial charge in [0.05, 0.1) is 5.39 Å². The van der Waals surface area contributed by atoms with E-state index in [4.69, 9.17) is 4.74 Å². The quantitative estimate of drug-likeness (QED) is 0.617. The Kier molecular flexibility index (Phi) is 5.58. The summed E-state index contributed by atoms with van der Waals surface area (Å²) in [5.74, 6) is 0.197. The second-order valence-corrected chi connectivity index (χ2v) is 11.6. The van der Waals surface area contributed by atoms with Crippen molar-refractivity contribution in [2.24, 2.45) is 11.3 Å². The number of fused-ring (bicyclic) bond motifs is 3. The first kappa shape index (κ1) is 21.6. The Morgan fingerprint density at radius 3 is 2.81 bits per heavy atom. The Hall–Kier alpha value is -2.24. The number of aryl methyl sites for hydroxylation is 1. The van der Waals surface area contributed by atoms with Crippen LogP contribution in [0.1, 0.15) is 61.6 Å². The third-order valence-electron chi connectivity index (χ3n) is 6.35. The van der Waals surface area contributed by atoms with Crippen molar-refractivity contribution in [3.63, 3.8) is 0 Å². The van der Waals surface area contributed by atoms with E-state index in [0.717, 1.165) is 54.0 Å². The molecule has 1 aliphatic heterocycles. The van der Waals surface area contributed by atoms with Crippen LogP contribution in [0.4, 0.5) is 5.13 Å². The maximum atomic E-state index is 13.2. The van der Waals surface area contributed by atoms with Gasteiger partial charge in [-0.25, -0.2) is 4.68 Å². The minimum absolute atomic E-state index is 0.0447. The van der Waals surface area contributed by atoms with Gasteiger partial charge in [0.25, 0.3) is 5.56 Å². The molecule has 3 aromatic rings. The van der Waals surface area contributed by atoms with Crippen molar-refractivity contribution in [3.05, 3.63) is 25.8 Å². The first-order chi connectivity index (χ1) is 15.3. The molecule has 2 unspecified atom stereocenters. The average molecular weight is 475 g/mol. The van der Waals surface area contributed by atoms with Crippen LogP contribution in [0, 0.1) is 11.3 Å². The molecule has 9 nitrogen and oxygen atoms in total. The van der Waals surface area contributed by atoms with Gasteiger partial charge in [-0.1, -0.05) is 37.3 Å². The summed E-state index contributed by atoms with van der Waals surface area (Å²) in [7, 11) is 0. The average Bonchev–Trinajstić information content (AvgIpc) is 3.47. The molecule has 1 N–H and O–H groups in total. The molecule has 0 radical (unpaired) electrons. The highest BCUT2D eigenvalue weighted by Gasteiger charge is 2.32. The number of carbonyl (C=O) groups excluding carboxylic acids is 1. The van der Waals surface area contributed by atoms with Crippen molar-refractivity contribution in [1.29, 1.82) is 0 Å². The van der Waals surface area contributed by atoms with Crippen LogP contribution in [0.5, 0.6) is 0 Å². The number of nitrogens with zero attached hydrogens (tertiary/aromatic N) is 5. The van der Waals surface area contributed by atoms with E-state index in [9.17, 15) is 9.59 Å². The first-order valence-corrected chi connectivity index (χ1v) is 12.6. The molecule has 3 aromatic heterocycles. The minimum atomic E-state index is -0.382. The van der Waals surface area contributed by atoms with Gasteiger partial charge < -0.3 is 4.74 Å². The van der Waals surface area contributed by atoms with Gasteiger partial charge in [0.1, 0.15) is 17.7 Å². The van der Waals surface area contributed by atoms with E-state index >= 15 is 0 Å². The molecular weight excluding hydrogens is 448 g/mol. The van der Waals surface area contributed by atoms with Gasteiger partial charge in [0.2, 0.25) is 11.0 Å². The van der Waals surface area contributed by atoms with Crippen molar-refractivity contribution in [3.8, 4) is 0 Å². The molecule has 0 aromatic carbocycles. The molecule has 0 bridgehead atoms. The fraction of sp³-hybridized carbons (Fsp3) is 0.619. The van der Waals surface area contributed by atoms with E-state index in [0.29, 0.717) is 21.3 Å². The normalized spacial score (nSPS) is 21.1. The molecule has 1 saturated heterocycles. The largest absolute Gasteiger partial charge is 0.371 e. The van der Waals surface area contributed by atoms with Crippen LogP contribution >= 0.6 is 22.7 Å². The van der Waals surface area contributed by atoms with Gasteiger partial charge in [-0.05, 0) is 49.0 Å². The number of carbonyl (C=O) groups is 1. The standard InChI is InChI=1S/C21H26N6O3S2/c1-21(2,3)11-6-7-12-14(9-11)31-18-16(12)19(29)27(26-24-18)10-15(28)22-20-25-23-17(32-20)13-5-4-8-30-13/h11,13H,4-10H2,1-3H3,(H,22,25,28). The third-order valence-corrected chi connectivity index (χ3v) is 8.42. The number of hydrogen-bond acceptors (Lipinski definition) is 9. The zero-order chi connectivity index (χ0) is 22.5. The fourth-order valence-electron chi connectivity index (χ4n) is 4.45. The second-order valence-electron chi connectivity index (χ2n) is 9.54. The van der Waals surface area contributed by atoms with Crippen LogP contribution in [0.3, 0.4) is 0 Å². The topological polar surface area (TPSA) is 112 Å². The van der Waals surface area contributed by atoms with Gasteiger partial charge in [-0.3, -0.25) is 14.9 Å². The Morgan fingerprint density at radius 1 is 1.22 bits per heavy atom. The summed E-state index contributed by atoms with van der Waals surface area (Å²) in [6.45, 7) is 7.31. The van der Waals surface area contributed by atoms with E-state index in [1.165, 1.54) is 16.2 Å². The van der Waals surface area contributed by atoms with Gasteiger partial charge in [-0.15, -0.1) is 26.6 Å². The van der Waals surface area contributed by atoms with E-state index in [-0.39, 0.29) is 29.5 Å². The predicted octanol–water partition coefficient (Wildman–Crippen LogP) is 3.35. The second kappa shape index (κ2) is 8.27. The summed E-state index contributed by atoms with van der Waals surface area (Å²) in [5, 5.41) is 20.9. The number of amides is 1. The Bertz CT molecular complexity index is 1220. The van der Waals surface area contributed by atoms with Gasteiger partial charge in [-0.2, -0.15) is 0 Å². The van der Waals surface area contributed by atoms with Crippen LogP contribution in [0.2, 0.25) is 0 Å². The van der Waals surface area contributed by atoms with Gasteiger partial charge >= 0.3 is 0 Å². The lowest BCUT2D eigenvalue weighted by Crippen LogP contribution is -2.31. The molecule has 11 heteroatoms. The van der Waals surface area contributed by atoms with Crippen molar-refractivity contribution in [2.75, 3.05) is 11.9 Å². The monoisotopic (exact) mass is 474 g/mol. The third kappa shape index (κ3) is 4.08. The molecule has 2 atom stereocenters. The molecule has 2 aliphatic rings. The van der Waals surface area contributed by atoms with Crippen LogP contribution in [0.15, 0.2) is 4.79 Å². The Labute approximate surface area is 193 Å². The maximum Gasteiger partial charge on any atom is 0.279 e. The highest BCUT2D eigenvalue weighted by Crippen LogP contribution is 2.41. The summed E-state index contributed by atoms with van der Waals surface area (Å²) in [6.07, 6.45) is 4.74. The molecule has 0 spiro atoms. The van der Waals surface area contributed by atoms with Crippen molar-refractivity contribution < 1.29 is 9.53 Å². The zero-order valence-electron chi connectivity index (χ0n) is 18.4. The van der Waals surface area contributed by atoms with E-state index < -0.39 is 0 Å². The summed E-state index contributed by atoms with van der Waals surface area (Å²) in [5.41, 5.74) is 1.06. The first-order valence-electron chi connectivity index (χ1n) is 10.9. The van der Waals surface area contributed by atoms with E-state index in [2.05, 4.69) is 46.6 Å². The number of thiophene rings is 1. The van der Waals surface area contributed by atoms with E-state index in [1.807, 2.05) is 0 Å². The van der Waals surface area contributed by atoms with Gasteiger partial charge in [0, 0.05) is 11.5 Å². The summed E-state index contributed by atoms with van der Waals surface area (Å²) in [6, 6.07) is 0. The molecular formula is C21H26N6O3S2. The zero-order valence-corrected chi connectivity index (χ0v) is 20.0. The number of nitrogens with one attached hydrogen (secondary N) is 1. The Balaban J connectivity index is 1.33. The molecule has 1 amide bonds. The summed E-state index contributed by atoms with van der Waals surface area (Å²) < 4.78 is 6.75. The maximum absolute atomic E-state index is 13.2. The molecule has 170 valence electrons. The molecule has 1 aliphatic carbocycles. The van der Waals surface area contributed by atoms with Crippen LogP contribution in [0.25, 0.3) is 10.2 Å². The van der Waals surface area contributed by atoms with Crippen molar-refractivity contribution in [2.45, 2.75) is 65.5 Å². The SMILES string of the molecule is CC(C)(C)C1CCc2c(sc3nnn(CC(=O)Nc4nnc(C5CCCO5)s4)c(=O)c23)C1. The molecule has 0 saturated carbocycles. The highest BCUT2D eigenvalue weighted by atomic mass is 32.1. The smallest absolute Gasteiger partial charge is 0.279 e. The number of rotatable bonds is 4. The number of aromatic nitrogens is 5. The number of ether oxygens (including phenoxy) is 1. The van der Waals surface area contributed by atoms with E-state index in [1.54, 1.807) is 11.3 Å². The van der Waals surface area contributed by atoms with Crippen LogP contribution in [-0.2, 0) is 28.9 Å². The van der Waals surface area contributed by atoms with Crippen LogP contribution in [-0.4, -0.2) is 37.7 Å². The van der Waals surface area contributed by atoms with Crippen molar-refractivity contribution >= 4 is 43.9 Å². The number of anilines is 1. The molecule has 5 rings (SSSR count).